The minimum absolute atomic E-state index is 0.187. The molecule has 1 aliphatic heterocycles. The van der Waals surface area contributed by atoms with Gasteiger partial charge in [0, 0.05) is 13.1 Å². The van der Waals surface area contributed by atoms with Crippen molar-refractivity contribution in [1.82, 2.24) is 4.31 Å². The van der Waals surface area contributed by atoms with Crippen LogP contribution < -0.4 is 5.73 Å². The van der Waals surface area contributed by atoms with Crippen LogP contribution in [0, 0.1) is 5.92 Å². The third-order valence-corrected chi connectivity index (χ3v) is 5.90. The molecule has 1 saturated heterocycles. The first-order valence-electron chi connectivity index (χ1n) is 7.33. The van der Waals surface area contributed by atoms with Gasteiger partial charge in [0.25, 0.3) is 0 Å². The third kappa shape index (κ3) is 4.30. The van der Waals surface area contributed by atoms with Crippen molar-refractivity contribution < 1.29 is 8.42 Å². The zero-order chi connectivity index (χ0) is 14.4. The molecular weight excluding hydrogens is 272 g/mol. The molecular formula is C15H24N2O2S. The number of nitrogens with two attached hydrogens (primary N) is 1. The molecule has 1 aromatic carbocycles. The number of piperidine rings is 1. The van der Waals surface area contributed by atoms with Crippen molar-refractivity contribution in [3.05, 3.63) is 35.9 Å². The largest absolute Gasteiger partial charge is 0.330 e. The highest BCUT2D eigenvalue weighted by Crippen LogP contribution is 2.23. The average Bonchev–Trinajstić information content (AvgIpc) is 2.47. The Morgan fingerprint density at radius 2 is 1.80 bits per heavy atom. The highest BCUT2D eigenvalue weighted by Gasteiger charge is 2.27. The van der Waals surface area contributed by atoms with E-state index in [1.165, 1.54) is 5.56 Å². The monoisotopic (exact) mass is 296 g/mol. The first-order valence-corrected chi connectivity index (χ1v) is 8.94. The molecule has 0 saturated carbocycles. The van der Waals surface area contributed by atoms with E-state index in [9.17, 15) is 8.42 Å². The molecule has 0 spiro atoms. The third-order valence-electron chi connectivity index (χ3n) is 3.94. The SMILES string of the molecule is NCCCS(=O)(=O)N1CCC(Cc2ccccc2)CC1. The van der Waals surface area contributed by atoms with Crippen LogP contribution in [0.5, 0.6) is 0 Å². The zero-order valence-corrected chi connectivity index (χ0v) is 12.7. The predicted octanol–water partition coefficient (Wildman–Crippen LogP) is 1.62. The molecule has 5 heteroatoms. The Hall–Kier alpha value is -0.910. The molecule has 20 heavy (non-hydrogen) atoms. The van der Waals surface area contributed by atoms with Crippen molar-refractivity contribution in [3.63, 3.8) is 0 Å². The highest BCUT2D eigenvalue weighted by atomic mass is 32.2. The highest BCUT2D eigenvalue weighted by molar-refractivity contribution is 7.89. The summed E-state index contributed by atoms with van der Waals surface area (Å²) in [5.41, 5.74) is 6.73. The summed E-state index contributed by atoms with van der Waals surface area (Å²) < 4.78 is 25.8. The van der Waals surface area contributed by atoms with Crippen molar-refractivity contribution in [2.45, 2.75) is 25.7 Å². The van der Waals surface area contributed by atoms with Gasteiger partial charge in [-0.2, -0.15) is 0 Å². The maximum Gasteiger partial charge on any atom is 0.214 e. The number of hydrogen-bond donors (Lipinski definition) is 1. The van der Waals surface area contributed by atoms with Crippen LogP contribution >= 0.6 is 0 Å². The summed E-state index contributed by atoms with van der Waals surface area (Å²) in [6.45, 7) is 1.75. The van der Waals surface area contributed by atoms with Crippen LogP contribution in [0.3, 0.4) is 0 Å². The fourth-order valence-electron chi connectivity index (χ4n) is 2.73. The van der Waals surface area contributed by atoms with Crippen molar-refractivity contribution in [3.8, 4) is 0 Å². The van der Waals surface area contributed by atoms with Crippen LogP contribution in [-0.4, -0.2) is 38.1 Å². The van der Waals surface area contributed by atoms with Crippen LogP contribution in [0.25, 0.3) is 0 Å². The molecule has 1 aromatic rings. The van der Waals surface area contributed by atoms with Gasteiger partial charge in [0.15, 0.2) is 0 Å². The van der Waals surface area contributed by atoms with Gasteiger partial charge in [-0.1, -0.05) is 30.3 Å². The summed E-state index contributed by atoms with van der Waals surface area (Å²) in [4.78, 5) is 0. The van der Waals surface area contributed by atoms with Crippen molar-refractivity contribution >= 4 is 10.0 Å². The van der Waals surface area contributed by atoms with Crippen LogP contribution in [0.4, 0.5) is 0 Å². The van der Waals surface area contributed by atoms with E-state index in [-0.39, 0.29) is 5.75 Å². The number of rotatable bonds is 6. The van der Waals surface area contributed by atoms with Gasteiger partial charge < -0.3 is 5.73 Å². The smallest absolute Gasteiger partial charge is 0.214 e. The molecule has 112 valence electrons. The average molecular weight is 296 g/mol. The zero-order valence-electron chi connectivity index (χ0n) is 11.9. The molecule has 0 aromatic heterocycles. The molecule has 0 atom stereocenters. The maximum absolute atomic E-state index is 12.1. The van der Waals surface area contributed by atoms with E-state index in [2.05, 4.69) is 24.3 Å². The van der Waals surface area contributed by atoms with E-state index in [4.69, 9.17) is 5.73 Å². The van der Waals surface area contributed by atoms with Crippen LogP contribution in [-0.2, 0) is 16.4 Å². The molecule has 1 aliphatic rings. The van der Waals surface area contributed by atoms with Gasteiger partial charge in [-0.25, -0.2) is 12.7 Å². The number of benzene rings is 1. The Kier molecular flexibility index (Phi) is 5.57. The maximum atomic E-state index is 12.1. The first-order chi connectivity index (χ1) is 9.62. The molecule has 0 bridgehead atoms. The lowest BCUT2D eigenvalue weighted by atomic mass is 9.91. The Morgan fingerprint density at radius 1 is 1.15 bits per heavy atom. The van der Waals surface area contributed by atoms with Crippen LogP contribution in [0.2, 0.25) is 0 Å². The second-order valence-corrected chi connectivity index (χ2v) is 7.58. The van der Waals surface area contributed by atoms with E-state index in [0.29, 0.717) is 32.0 Å². The summed E-state index contributed by atoms with van der Waals surface area (Å²) in [5.74, 6) is 0.783. The van der Waals surface area contributed by atoms with Crippen molar-refractivity contribution in [1.29, 1.82) is 0 Å². The summed E-state index contributed by atoms with van der Waals surface area (Å²) in [5, 5.41) is 0. The normalized spacial score (nSPS) is 18.2. The summed E-state index contributed by atoms with van der Waals surface area (Å²) >= 11 is 0. The Labute approximate surface area is 122 Å². The molecule has 0 aliphatic carbocycles. The predicted molar refractivity (Wildman–Crippen MR) is 81.9 cm³/mol. The molecule has 4 nitrogen and oxygen atoms in total. The van der Waals surface area contributed by atoms with Gasteiger partial charge in [0.1, 0.15) is 0 Å². The topological polar surface area (TPSA) is 63.4 Å². The Balaban J connectivity index is 1.83. The van der Waals surface area contributed by atoms with Gasteiger partial charge in [0.05, 0.1) is 5.75 Å². The molecule has 2 N–H and O–H groups in total. The fraction of sp³-hybridized carbons (Fsp3) is 0.600. The molecule has 2 rings (SSSR count). The Bertz CT molecular complexity index is 494. The van der Waals surface area contributed by atoms with Crippen LogP contribution in [0.1, 0.15) is 24.8 Å². The number of nitrogens with zero attached hydrogens (tertiary/aromatic N) is 1. The Morgan fingerprint density at radius 3 is 2.40 bits per heavy atom. The molecule has 1 heterocycles. The number of hydrogen-bond acceptors (Lipinski definition) is 3. The van der Waals surface area contributed by atoms with Gasteiger partial charge >= 0.3 is 0 Å². The molecule has 0 radical (unpaired) electrons. The van der Waals surface area contributed by atoms with Gasteiger partial charge in [-0.3, -0.25) is 0 Å². The summed E-state index contributed by atoms with van der Waals surface area (Å²) in [7, 11) is -3.09. The van der Waals surface area contributed by atoms with Crippen LogP contribution in [0.15, 0.2) is 30.3 Å². The van der Waals surface area contributed by atoms with Gasteiger partial charge in [0.2, 0.25) is 10.0 Å². The van der Waals surface area contributed by atoms with E-state index < -0.39 is 10.0 Å². The summed E-state index contributed by atoms with van der Waals surface area (Å²) in [6.07, 6.45) is 3.51. The van der Waals surface area contributed by atoms with Crippen molar-refractivity contribution in [2.75, 3.05) is 25.4 Å². The summed E-state index contributed by atoms with van der Waals surface area (Å²) in [6, 6.07) is 10.4. The number of sulfonamides is 1. The van der Waals surface area contributed by atoms with E-state index in [1.54, 1.807) is 4.31 Å². The minimum Gasteiger partial charge on any atom is -0.330 e. The van der Waals surface area contributed by atoms with Gasteiger partial charge in [-0.15, -0.1) is 0 Å². The fourth-order valence-corrected chi connectivity index (χ4v) is 4.29. The minimum atomic E-state index is -3.09. The van der Waals surface area contributed by atoms with E-state index >= 15 is 0 Å². The van der Waals surface area contributed by atoms with E-state index in [0.717, 1.165) is 19.3 Å². The molecule has 0 amide bonds. The molecule has 1 fully saturated rings. The van der Waals surface area contributed by atoms with Crippen molar-refractivity contribution in [2.24, 2.45) is 11.7 Å². The lowest BCUT2D eigenvalue weighted by Crippen LogP contribution is -2.40. The van der Waals surface area contributed by atoms with E-state index in [1.807, 2.05) is 6.07 Å². The standard InChI is InChI=1S/C15H24N2O2S/c16-9-4-12-20(18,19)17-10-7-15(8-11-17)13-14-5-2-1-3-6-14/h1-3,5-6,15H,4,7-13,16H2. The molecule has 0 unspecified atom stereocenters. The first kappa shape index (κ1) is 15.5. The second kappa shape index (κ2) is 7.20. The lowest BCUT2D eigenvalue weighted by Gasteiger charge is -2.31. The second-order valence-electron chi connectivity index (χ2n) is 5.49. The van der Waals surface area contributed by atoms with Gasteiger partial charge in [-0.05, 0) is 43.7 Å². The quantitative estimate of drug-likeness (QED) is 0.867. The lowest BCUT2D eigenvalue weighted by molar-refractivity contribution is 0.273.